The quantitative estimate of drug-likeness (QED) is 0.690. The number of thiazole rings is 1. The number of aryl methyl sites for hydroxylation is 1. The first-order chi connectivity index (χ1) is 13.5. The molecular formula is C20H20N4O3S. The normalized spacial score (nSPS) is 13.9. The number of amides is 1. The molecule has 0 spiro atoms. The molecule has 1 amide bonds. The lowest BCUT2D eigenvalue weighted by atomic mass is 10.2. The fourth-order valence-corrected chi connectivity index (χ4v) is 4.44. The monoisotopic (exact) mass is 396 g/mol. The summed E-state index contributed by atoms with van der Waals surface area (Å²) in [5.74, 6) is -1.26. The fourth-order valence-electron chi connectivity index (χ4n) is 3.53. The topological polar surface area (TPSA) is 97.1 Å². The molecule has 0 bridgehead atoms. The van der Waals surface area contributed by atoms with E-state index < -0.39 is 12.0 Å². The first-order valence-corrected chi connectivity index (χ1v) is 9.95. The molecule has 1 aliphatic carbocycles. The van der Waals surface area contributed by atoms with Gasteiger partial charge < -0.3 is 10.4 Å². The first-order valence-electron chi connectivity index (χ1n) is 9.13. The third-order valence-electron chi connectivity index (χ3n) is 4.87. The number of benzene rings is 1. The molecule has 7 nitrogen and oxygen atoms in total. The van der Waals surface area contributed by atoms with Gasteiger partial charge >= 0.3 is 5.97 Å². The van der Waals surface area contributed by atoms with Gasteiger partial charge in [0, 0.05) is 11.3 Å². The zero-order valence-electron chi connectivity index (χ0n) is 15.6. The van der Waals surface area contributed by atoms with Crippen LogP contribution in [0.4, 0.5) is 0 Å². The molecular weight excluding hydrogens is 376 g/mol. The van der Waals surface area contributed by atoms with E-state index in [9.17, 15) is 14.7 Å². The Labute approximate surface area is 166 Å². The van der Waals surface area contributed by atoms with Gasteiger partial charge in [0.25, 0.3) is 5.91 Å². The summed E-state index contributed by atoms with van der Waals surface area (Å²) in [7, 11) is 0. The van der Waals surface area contributed by atoms with Crippen molar-refractivity contribution in [2.45, 2.75) is 39.2 Å². The molecule has 1 unspecified atom stereocenters. The Morgan fingerprint density at radius 3 is 2.68 bits per heavy atom. The van der Waals surface area contributed by atoms with Crippen LogP contribution < -0.4 is 5.32 Å². The van der Waals surface area contributed by atoms with E-state index in [1.54, 1.807) is 13.8 Å². The number of carbonyl (C=O) groups is 2. The predicted molar refractivity (Wildman–Crippen MR) is 105 cm³/mol. The van der Waals surface area contributed by atoms with Crippen LogP contribution in [0.3, 0.4) is 0 Å². The maximum absolute atomic E-state index is 12.9. The summed E-state index contributed by atoms with van der Waals surface area (Å²) >= 11 is 1.09. The zero-order valence-corrected chi connectivity index (χ0v) is 16.4. The summed E-state index contributed by atoms with van der Waals surface area (Å²) < 4.78 is 1.86. The molecule has 2 heterocycles. The van der Waals surface area contributed by atoms with Gasteiger partial charge in [-0.25, -0.2) is 14.5 Å². The highest BCUT2D eigenvalue weighted by Crippen LogP contribution is 2.29. The number of carbonyl (C=O) groups excluding carboxylic acids is 1. The lowest BCUT2D eigenvalue weighted by Crippen LogP contribution is -2.28. The minimum Gasteiger partial charge on any atom is -0.477 e. The molecule has 0 radical (unpaired) electrons. The van der Waals surface area contributed by atoms with Crippen LogP contribution in [-0.4, -0.2) is 31.7 Å². The third kappa shape index (κ3) is 3.20. The molecule has 2 N–H and O–H groups in total. The highest BCUT2D eigenvalue weighted by molar-refractivity contribution is 7.13. The number of carboxylic acid groups (broad SMARTS) is 1. The first kappa shape index (κ1) is 18.4. The van der Waals surface area contributed by atoms with Crippen molar-refractivity contribution in [3.8, 4) is 5.69 Å². The molecule has 8 heteroatoms. The number of hydrogen-bond acceptors (Lipinski definition) is 5. The highest BCUT2D eigenvalue weighted by atomic mass is 32.1. The molecule has 0 aliphatic heterocycles. The number of carboxylic acids is 1. The van der Waals surface area contributed by atoms with Crippen molar-refractivity contribution in [3.05, 3.63) is 62.9 Å². The molecule has 28 heavy (non-hydrogen) atoms. The molecule has 0 saturated carbocycles. The summed E-state index contributed by atoms with van der Waals surface area (Å²) in [4.78, 5) is 28.7. The predicted octanol–water partition coefficient (Wildman–Crippen LogP) is 3.32. The van der Waals surface area contributed by atoms with Crippen LogP contribution in [0.1, 0.15) is 61.5 Å². The van der Waals surface area contributed by atoms with Gasteiger partial charge in [0.15, 0.2) is 5.69 Å². The van der Waals surface area contributed by atoms with Gasteiger partial charge in [-0.1, -0.05) is 18.2 Å². The van der Waals surface area contributed by atoms with Crippen molar-refractivity contribution in [2.75, 3.05) is 0 Å². The van der Waals surface area contributed by atoms with Gasteiger partial charge in [-0.2, -0.15) is 5.10 Å². The fraction of sp³-hybridized carbons (Fsp3) is 0.300. The van der Waals surface area contributed by atoms with Gasteiger partial charge in [-0.15, -0.1) is 11.3 Å². The Hall–Kier alpha value is -3.00. The van der Waals surface area contributed by atoms with E-state index >= 15 is 0 Å². The van der Waals surface area contributed by atoms with E-state index in [1.165, 1.54) is 0 Å². The third-order valence-corrected chi connectivity index (χ3v) is 6.20. The van der Waals surface area contributed by atoms with Crippen molar-refractivity contribution in [1.82, 2.24) is 20.1 Å². The lowest BCUT2D eigenvalue weighted by molar-refractivity contribution is 0.0700. The van der Waals surface area contributed by atoms with Gasteiger partial charge in [0.2, 0.25) is 0 Å². The number of rotatable bonds is 5. The Kier molecular flexibility index (Phi) is 4.72. The summed E-state index contributed by atoms with van der Waals surface area (Å²) in [5, 5.41) is 17.3. The van der Waals surface area contributed by atoms with Crippen molar-refractivity contribution in [3.63, 3.8) is 0 Å². The van der Waals surface area contributed by atoms with Crippen LogP contribution in [0.15, 0.2) is 30.3 Å². The second kappa shape index (κ2) is 7.20. The number of aromatic nitrogens is 3. The summed E-state index contributed by atoms with van der Waals surface area (Å²) in [5.41, 5.74) is 3.92. The molecule has 0 fully saturated rings. The van der Waals surface area contributed by atoms with Crippen molar-refractivity contribution < 1.29 is 14.7 Å². The average molecular weight is 396 g/mol. The number of nitrogens with zero attached hydrogens (tertiary/aromatic N) is 3. The van der Waals surface area contributed by atoms with Gasteiger partial charge in [-0.05, 0) is 45.2 Å². The molecule has 4 rings (SSSR count). The van der Waals surface area contributed by atoms with Gasteiger partial charge in [0.1, 0.15) is 9.88 Å². The second-order valence-electron chi connectivity index (χ2n) is 6.84. The second-order valence-corrected chi connectivity index (χ2v) is 7.87. The van der Waals surface area contributed by atoms with Crippen molar-refractivity contribution >= 4 is 23.2 Å². The molecule has 1 aromatic carbocycles. The van der Waals surface area contributed by atoms with Crippen LogP contribution in [0.25, 0.3) is 5.69 Å². The Balaban J connectivity index is 1.61. The Bertz CT molecular complexity index is 1060. The van der Waals surface area contributed by atoms with Crippen LogP contribution >= 0.6 is 11.3 Å². The van der Waals surface area contributed by atoms with Crippen LogP contribution in [0.2, 0.25) is 0 Å². The van der Waals surface area contributed by atoms with Crippen LogP contribution in [-0.2, 0) is 12.8 Å². The minimum atomic E-state index is -1.00. The van der Waals surface area contributed by atoms with Gasteiger partial charge in [-0.3, -0.25) is 4.79 Å². The number of fused-ring (bicyclic) bond motifs is 1. The molecule has 2 aromatic heterocycles. The molecule has 144 valence electrons. The number of hydrogen-bond donors (Lipinski definition) is 2. The molecule has 1 atom stereocenters. The van der Waals surface area contributed by atoms with Crippen LogP contribution in [0.5, 0.6) is 0 Å². The maximum atomic E-state index is 12.9. The van der Waals surface area contributed by atoms with Crippen molar-refractivity contribution in [1.29, 1.82) is 0 Å². The zero-order chi connectivity index (χ0) is 19.8. The smallest absolute Gasteiger partial charge is 0.347 e. The van der Waals surface area contributed by atoms with E-state index in [2.05, 4.69) is 15.4 Å². The van der Waals surface area contributed by atoms with Crippen molar-refractivity contribution in [2.24, 2.45) is 0 Å². The Morgan fingerprint density at radius 1 is 1.25 bits per heavy atom. The summed E-state index contributed by atoms with van der Waals surface area (Å²) in [6.45, 7) is 3.46. The largest absolute Gasteiger partial charge is 0.477 e. The lowest BCUT2D eigenvalue weighted by Gasteiger charge is -2.10. The minimum absolute atomic E-state index is 0.199. The molecule has 1 aliphatic rings. The molecule has 3 aromatic rings. The summed E-state index contributed by atoms with van der Waals surface area (Å²) in [6.07, 6.45) is 2.73. The van der Waals surface area contributed by atoms with E-state index in [0.717, 1.165) is 47.5 Å². The standard InChI is InChI=1S/C20H20N4O3S/c1-11-17(20(26)27)28-19(22-11)12(2)21-18(25)16-14-9-6-10-15(14)24(23-16)13-7-4-3-5-8-13/h3-5,7-8,12H,6,9-10H2,1-2H3,(H,21,25)(H,26,27). The van der Waals surface area contributed by atoms with Gasteiger partial charge in [0.05, 0.1) is 17.4 Å². The average Bonchev–Trinajstić information content (AvgIpc) is 3.36. The van der Waals surface area contributed by atoms with E-state index in [-0.39, 0.29) is 10.8 Å². The number of nitrogens with one attached hydrogen (secondary N) is 1. The van der Waals surface area contributed by atoms with E-state index in [1.807, 2.05) is 35.0 Å². The summed E-state index contributed by atoms with van der Waals surface area (Å²) in [6, 6.07) is 9.40. The number of para-hydroxylation sites is 1. The maximum Gasteiger partial charge on any atom is 0.347 e. The SMILES string of the molecule is Cc1nc(C(C)NC(=O)c2nn(-c3ccccc3)c3c2CCC3)sc1C(=O)O. The van der Waals surface area contributed by atoms with E-state index in [0.29, 0.717) is 16.4 Å². The number of aromatic carboxylic acids is 1. The molecule has 0 saturated heterocycles. The Morgan fingerprint density at radius 2 is 2.00 bits per heavy atom. The highest BCUT2D eigenvalue weighted by Gasteiger charge is 2.28. The van der Waals surface area contributed by atoms with Crippen LogP contribution in [0, 0.1) is 6.92 Å². The van der Waals surface area contributed by atoms with E-state index in [4.69, 9.17) is 0 Å².